The van der Waals surface area contributed by atoms with Gasteiger partial charge in [-0.3, -0.25) is 0 Å². The summed E-state index contributed by atoms with van der Waals surface area (Å²) in [6, 6.07) is 0. The van der Waals surface area contributed by atoms with E-state index in [2.05, 4.69) is 20.8 Å². The van der Waals surface area contributed by atoms with Gasteiger partial charge >= 0.3 is 0 Å². The fraction of sp³-hybridized carbons (Fsp3) is 1.00. The van der Waals surface area contributed by atoms with E-state index in [0.717, 1.165) is 6.42 Å². The summed E-state index contributed by atoms with van der Waals surface area (Å²) in [5, 5.41) is 10.5. The lowest BCUT2D eigenvalue weighted by atomic mass is 9.66. The molecule has 0 aromatic carbocycles. The molecule has 2 unspecified atom stereocenters. The molecule has 1 rings (SSSR count). The summed E-state index contributed by atoms with van der Waals surface area (Å²) in [6.07, 6.45) is 15.6. The second-order valence-corrected chi connectivity index (χ2v) is 7.32. The first kappa shape index (κ1) is 17.0. The van der Waals surface area contributed by atoms with E-state index in [-0.39, 0.29) is 6.10 Å². The average molecular weight is 268 g/mol. The van der Waals surface area contributed by atoms with Crippen molar-refractivity contribution in [3.8, 4) is 0 Å². The zero-order valence-electron chi connectivity index (χ0n) is 13.6. The van der Waals surface area contributed by atoms with Gasteiger partial charge in [0.25, 0.3) is 0 Å². The number of hydrogen-bond acceptors (Lipinski definition) is 1. The molecule has 2 atom stereocenters. The van der Waals surface area contributed by atoms with Gasteiger partial charge in [0.2, 0.25) is 0 Å². The van der Waals surface area contributed by atoms with E-state index in [0.29, 0.717) is 11.3 Å². The monoisotopic (exact) mass is 268 g/mol. The number of unbranched alkanes of at least 4 members (excludes halogenated alkanes) is 6. The average Bonchev–Trinajstić information content (AvgIpc) is 2.37. The highest BCUT2D eigenvalue weighted by Crippen LogP contribution is 2.43. The predicted octanol–water partition coefficient (Wildman–Crippen LogP) is 5.70. The first-order valence-corrected chi connectivity index (χ1v) is 8.76. The van der Waals surface area contributed by atoms with Crippen LogP contribution in [0.15, 0.2) is 0 Å². The molecule has 0 radical (unpaired) electrons. The van der Waals surface area contributed by atoms with E-state index in [1.807, 2.05) is 0 Å². The van der Waals surface area contributed by atoms with Crippen molar-refractivity contribution in [3.63, 3.8) is 0 Å². The maximum Gasteiger partial charge on any atom is 0.0573 e. The first-order chi connectivity index (χ1) is 9.08. The molecule has 1 aliphatic rings. The minimum absolute atomic E-state index is 0.0501. The van der Waals surface area contributed by atoms with Gasteiger partial charge in [-0.2, -0.15) is 0 Å². The molecule has 0 saturated heterocycles. The minimum Gasteiger partial charge on any atom is -0.393 e. The maximum atomic E-state index is 10.5. The summed E-state index contributed by atoms with van der Waals surface area (Å²) in [4.78, 5) is 0. The Labute approximate surface area is 121 Å². The summed E-state index contributed by atoms with van der Waals surface area (Å²) < 4.78 is 0. The third-order valence-corrected chi connectivity index (χ3v) is 5.16. The van der Waals surface area contributed by atoms with E-state index in [1.54, 1.807) is 0 Å². The van der Waals surface area contributed by atoms with Crippen molar-refractivity contribution in [2.45, 2.75) is 104 Å². The Morgan fingerprint density at radius 1 is 1.00 bits per heavy atom. The van der Waals surface area contributed by atoms with Crippen molar-refractivity contribution in [3.05, 3.63) is 0 Å². The van der Waals surface area contributed by atoms with Crippen LogP contribution < -0.4 is 0 Å². The Bertz CT molecular complexity index is 222. The van der Waals surface area contributed by atoms with Gasteiger partial charge in [-0.05, 0) is 30.6 Å². The minimum atomic E-state index is -0.0501. The lowest BCUT2D eigenvalue weighted by Crippen LogP contribution is -2.36. The quantitative estimate of drug-likeness (QED) is 0.531. The van der Waals surface area contributed by atoms with Crippen molar-refractivity contribution in [2.75, 3.05) is 0 Å². The van der Waals surface area contributed by atoms with Gasteiger partial charge in [0, 0.05) is 0 Å². The molecule has 1 N–H and O–H groups in total. The maximum absolute atomic E-state index is 10.5. The molecule has 1 fully saturated rings. The van der Waals surface area contributed by atoms with E-state index < -0.39 is 0 Å². The van der Waals surface area contributed by atoms with Gasteiger partial charge in [0.15, 0.2) is 0 Å². The fourth-order valence-electron chi connectivity index (χ4n) is 3.75. The SMILES string of the molecule is CCCCCCCCCC(O)C1CCCCC1(C)C. The summed E-state index contributed by atoms with van der Waals surface area (Å²) in [7, 11) is 0. The van der Waals surface area contributed by atoms with Crippen LogP contribution in [0.3, 0.4) is 0 Å². The van der Waals surface area contributed by atoms with Crippen molar-refractivity contribution >= 4 is 0 Å². The van der Waals surface area contributed by atoms with Crippen molar-refractivity contribution in [1.82, 2.24) is 0 Å². The molecule has 0 aromatic rings. The van der Waals surface area contributed by atoms with Gasteiger partial charge in [0.1, 0.15) is 0 Å². The highest BCUT2D eigenvalue weighted by molar-refractivity contribution is 4.86. The molecule has 114 valence electrons. The van der Waals surface area contributed by atoms with Crippen LogP contribution >= 0.6 is 0 Å². The molecular weight excluding hydrogens is 232 g/mol. The number of rotatable bonds is 9. The number of aliphatic hydroxyl groups is 1. The summed E-state index contributed by atoms with van der Waals surface area (Å²) >= 11 is 0. The molecular formula is C18H36O. The van der Waals surface area contributed by atoms with E-state index >= 15 is 0 Å². The molecule has 0 heterocycles. The molecule has 1 nitrogen and oxygen atoms in total. The van der Waals surface area contributed by atoms with Crippen molar-refractivity contribution in [1.29, 1.82) is 0 Å². The second-order valence-electron chi connectivity index (χ2n) is 7.32. The van der Waals surface area contributed by atoms with Crippen LogP contribution in [0.2, 0.25) is 0 Å². The second kappa shape index (κ2) is 9.00. The van der Waals surface area contributed by atoms with Crippen LogP contribution in [0.4, 0.5) is 0 Å². The normalized spacial score (nSPS) is 24.3. The third kappa shape index (κ3) is 6.29. The fourth-order valence-corrected chi connectivity index (χ4v) is 3.75. The van der Waals surface area contributed by atoms with Crippen LogP contribution in [0.1, 0.15) is 97.8 Å². The van der Waals surface area contributed by atoms with Gasteiger partial charge in [-0.1, -0.05) is 78.6 Å². The summed E-state index contributed by atoms with van der Waals surface area (Å²) in [5.74, 6) is 0.543. The van der Waals surface area contributed by atoms with E-state index in [9.17, 15) is 5.11 Å². The number of hydrogen-bond donors (Lipinski definition) is 1. The standard InChI is InChI=1S/C18H36O/c1-4-5-6-7-8-9-10-14-17(19)16-13-11-12-15-18(16,2)3/h16-17,19H,4-15H2,1-3H3. The molecule has 1 saturated carbocycles. The van der Waals surface area contributed by atoms with Crippen molar-refractivity contribution < 1.29 is 5.11 Å². The van der Waals surface area contributed by atoms with Crippen molar-refractivity contribution in [2.24, 2.45) is 11.3 Å². The zero-order valence-corrected chi connectivity index (χ0v) is 13.6. The van der Waals surface area contributed by atoms with Gasteiger partial charge in [-0.15, -0.1) is 0 Å². The largest absolute Gasteiger partial charge is 0.393 e. The third-order valence-electron chi connectivity index (χ3n) is 5.16. The van der Waals surface area contributed by atoms with Crippen LogP contribution in [-0.4, -0.2) is 11.2 Å². The predicted molar refractivity (Wildman–Crippen MR) is 84.4 cm³/mol. The van der Waals surface area contributed by atoms with Crippen LogP contribution in [0.25, 0.3) is 0 Å². The Morgan fingerprint density at radius 3 is 2.26 bits per heavy atom. The zero-order chi connectivity index (χ0) is 14.1. The smallest absolute Gasteiger partial charge is 0.0573 e. The molecule has 0 aliphatic heterocycles. The van der Waals surface area contributed by atoms with E-state index in [4.69, 9.17) is 0 Å². The lowest BCUT2D eigenvalue weighted by molar-refractivity contribution is -0.000501. The molecule has 1 heteroatoms. The van der Waals surface area contributed by atoms with Gasteiger partial charge in [0.05, 0.1) is 6.10 Å². The highest BCUT2D eigenvalue weighted by Gasteiger charge is 2.36. The first-order valence-electron chi connectivity index (χ1n) is 8.76. The van der Waals surface area contributed by atoms with E-state index in [1.165, 1.54) is 70.6 Å². The summed E-state index contributed by atoms with van der Waals surface area (Å²) in [5.41, 5.74) is 0.360. The Hall–Kier alpha value is -0.0400. The molecule has 19 heavy (non-hydrogen) atoms. The van der Waals surface area contributed by atoms with Crippen LogP contribution in [0.5, 0.6) is 0 Å². The molecule has 0 amide bonds. The molecule has 0 aromatic heterocycles. The molecule has 1 aliphatic carbocycles. The Morgan fingerprint density at radius 2 is 1.63 bits per heavy atom. The number of aliphatic hydroxyl groups excluding tert-OH is 1. The molecule has 0 bridgehead atoms. The molecule has 0 spiro atoms. The van der Waals surface area contributed by atoms with Crippen LogP contribution in [0, 0.1) is 11.3 Å². The van der Waals surface area contributed by atoms with Gasteiger partial charge in [-0.25, -0.2) is 0 Å². The summed E-state index contributed by atoms with van der Waals surface area (Å²) in [6.45, 7) is 6.97. The van der Waals surface area contributed by atoms with Crippen LogP contribution in [-0.2, 0) is 0 Å². The lowest BCUT2D eigenvalue weighted by Gasteiger charge is -2.41. The highest BCUT2D eigenvalue weighted by atomic mass is 16.3. The Balaban J connectivity index is 2.11. The van der Waals surface area contributed by atoms with Gasteiger partial charge < -0.3 is 5.11 Å². The topological polar surface area (TPSA) is 20.2 Å². The Kier molecular flexibility index (Phi) is 8.06.